The third kappa shape index (κ3) is 5.36. The number of rotatable bonds is 7. The molecule has 0 radical (unpaired) electrons. The summed E-state index contributed by atoms with van der Waals surface area (Å²) in [4.78, 5) is 21.1. The van der Waals surface area contributed by atoms with Crippen LogP contribution in [0.1, 0.15) is 18.2 Å². The van der Waals surface area contributed by atoms with E-state index in [2.05, 4.69) is 27.1 Å². The SMILES string of the molecule is COC[C@H](NC(=O)CCN1CCN(C)CC1)c1ccccn1. The van der Waals surface area contributed by atoms with Crippen LogP contribution in [0.5, 0.6) is 0 Å². The average Bonchev–Trinajstić information content (AvgIpc) is 2.55. The van der Waals surface area contributed by atoms with Gasteiger partial charge in [0.25, 0.3) is 0 Å². The van der Waals surface area contributed by atoms with Crippen molar-refractivity contribution in [1.29, 1.82) is 0 Å². The molecule has 0 saturated carbocycles. The summed E-state index contributed by atoms with van der Waals surface area (Å²) in [5.74, 6) is 0.0478. The van der Waals surface area contributed by atoms with E-state index in [1.807, 2.05) is 18.2 Å². The summed E-state index contributed by atoms with van der Waals surface area (Å²) in [5.41, 5.74) is 0.831. The molecule has 1 atom stereocenters. The molecule has 2 heterocycles. The van der Waals surface area contributed by atoms with Gasteiger partial charge in [0.1, 0.15) is 0 Å². The van der Waals surface area contributed by atoms with Crippen LogP contribution in [0, 0.1) is 0 Å². The van der Waals surface area contributed by atoms with Crippen molar-refractivity contribution >= 4 is 5.91 Å². The van der Waals surface area contributed by atoms with E-state index < -0.39 is 0 Å². The number of pyridine rings is 1. The zero-order valence-corrected chi connectivity index (χ0v) is 13.5. The number of aromatic nitrogens is 1. The molecular weight excluding hydrogens is 280 g/mol. The van der Waals surface area contributed by atoms with E-state index in [9.17, 15) is 4.79 Å². The van der Waals surface area contributed by atoms with E-state index in [0.717, 1.165) is 38.4 Å². The number of nitrogens with zero attached hydrogens (tertiary/aromatic N) is 3. The Morgan fingerprint density at radius 3 is 2.77 bits per heavy atom. The zero-order valence-electron chi connectivity index (χ0n) is 13.5. The second-order valence-corrected chi connectivity index (χ2v) is 5.72. The quantitative estimate of drug-likeness (QED) is 0.796. The van der Waals surface area contributed by atoms with Gasteiger partial charge in [0.15, 0.2) is 0 Å². The summed E-state index contributed by atoms with van der Waals surface area (Å²) < 4.78 is 5.19. The summed E-state index contributed by atoms with van der Waals surface area (Å²) >= 11 is 0. The van der Waals surface area contributed by atoms with Gasteiger partial charge in [-0.3, -0.25) is 9.78 Å². The summed E-state index contributed by atoms with van der Waals surface area (Å²) in [5, 5.41) is 3.02. The molecule has 2 rings (SSSR count). The van der Waals surface area contributed by atoms with E-state index in [1.165, 1.54) is 0 Å². The summed E-state index contributed by atoms with van der Waals surface area (Å²) in [6.45, 7) is 5.44. The number of piperazine rings is 1. The molecule has 1 aromatic heterocycles. The summed E-state index contributed by atoms with van der Waals surface area (Å²) in [6, 6.07) is 5.50. The standard InChI is InChI=1S/C16H26N4O2/c1-19-9-11-20(12-10-19)8-6-16(21)18-15(13-22-2)14-5-3-4-7-17-14/h3-5,7,15H,6,8-13H2,1-2H3,(H,18,21)/t15-/m0/s1. The number of ether oxygens (including phenoxy) is 1. The number of carbonyl (C=O) groups is 1. The molecule has 0 unspecified atom stereocenters. The highest BCUT2D eigenvalue weighted by molar-refractivity contribution is 5.76. The van der Waals surface area contributed by atoms with Gasteiger partial charge in [-0.15, -0.1) is 0 Å². The average molecular weight is 306 g/mol. The van der Waals surface area contributed by atoms with E-state index in [1.54, 1.807) is 13.3 Å². The third-order valence-corrected chi connectivity index (χ3v) is 3.96. The van der Waals surface area contributed by atoms with Crippen molar-refractivity contribution in [2.75, 3.05) is 53.5 Å². The van der Waals surface area contributed by atoms with Crippen molar-refractivity contribution in [2.24, 2.45) is 0 Å². The van der Waals surface area contributed by atoms with Gasteiger partial charge in [-0.05, 0) is 19.2 Å². The van der Waals surface area contributed by atoms with Gasteiger partial charge in [0, 0.05) is 52.5 Å². The Balaban J connectivity index is 1.79. The topological polar surface area (TPSA) is 57.7 Å². The van der Waals surface area contributed by atoms with Crippen LogP contribution in [0.4, 0.5) is 0 Å². The lowest BCUT2D eigenvalue weighted by molar-refractivity contribution is -0.122. The van der Waals surface area contributed by atoms with Gasteiger partial charge in [-0.25, -0.2) is 0 Å². The maximum Gasteiger partial charge on any atom is 0.221 e. The molecule has 0 aliphatic carbocycles. The molecule has 6 heteroatoms. The number of hydrogen-bond acceptors (Lipinski definition) is 5. The summed E-state index contributed by atoms with van der Waals surface area (Å²) in [6.07, 6.45) is 2.24. The van der Waals surface area contributed by atoms with Crippen LogP contribution in [-0.2, 0) is 9.53 Å². The fraction of sp³-hybridized carbons (Fsp3) is 0.625. The van der Waals surface area contributed by atoms with Gasteiger partial charge < -0.3 is 19.9 Å². The van der Waals surface area contributed by atoms with Crippen LogP contribution in [0.15, 0.2) is 24.4 Å². The number of methoxy groups -OCH3 is 1. The Hall–Kier alpha value is -1.50. The van der Waals surface area contributed by atoms with Crippen molar-refractivity contribution in [3.05, 3.63) is 30.1 Å². The van der Waals surface area contributed by atoms with Crippen LogP contribution < -0.4 is 5.32 Å². The maximum absolute atomic E-state index is 12.2. The molecule has 0 spiro atoms. The van der Waals surface area contributed by atoms with E-state index in [4.69, 9.17) is 4.74 Å². The Kier molecular flexibility index (Phi) is 6.76. The maximum atomic E-state index is 12.2. The molecule has 1 amide bonds. The Morgan fingerprint density at radius 1 is 1.36 bits per heavy atom. The molecule has 1 aliphatic heterocycles. The summed E-state index contributed by atoms with van der Waals surface area (Å²) in [7, 11) is 3.76. The first-order valence-electron chi connectivity index (χ1n) is 7.79. The predicted octanol–water partition coefficient (Wildman–Crippen LogP) is 0.523. The molecule has 22 heavy (non-hydrogen) atoms. The first-order chi connectivity index (χ1) is 10.7. The number of amides is 1. The molecule has 6 nitrogen and oxygen atoms in total. The van der Waals surface area contributed by atoms with Crippen molar-refractivity contribution in [3.63, 3.8) is 0 Å². The molecule has 1 aromatic rings. The van der Waals surface area contributed by atoms with E-state index in [0.29, 0.717) is 13.0 Å². The molecule has 1 aliphatic rings. The number of likely N-dealkylation sites (N-methyl/N-ethyl adjacent to an activating group) is 1. The Labute approximate surface area is 132 Å². The van der Waals surface area contributed by atoms with Crippen molar-refractivity contribution in [2.45, 2.75) is 12.5 Å². The van der Waals surface area contributed by atoms with Crippen molar-refractivity contribution in [1.82, 2.24) is 20.1 Å². The molecule has 1 N–H and O–H groups in total. The normalized spacial score (nSPS) is 18.1. The third-order valence-electron chi connectivity index (χ3n) is 3.96. The minimum absolute atomic E-state index is 0.0478. The minimum Gasteiger partial charge on any atom is -0.382 e. The second-order valence-electron chi connectivity index (χ2n) is 5.72. The van der Waals surface area contributed by atoms with Crippen LogP contribution in [0.25, 0.3) is 0 Å². The van der Waals surface area contributed by atoms with Gasteiger partial charge in [0.2, 0.25) is 5.91 Å². The van der Waals surface area contributed by atoms with Gasteiger partial charge in [-0.2, -0.15) is 0 Å². The highest BCUT2D eigenvalue weighted by Gasteiger charge is 2.18. The van der Waals surface area contributed by atoms with E-state index >= 15 is 0 Å². The molecule has 1 saturated heterocycles. The number of hydrogen-bond donors (Lipinski definition) is 1. The van der Waals surface area contributed by atoms with Crippen molar-refractivity contribution < 1.29 is 9.53 Å². The first kappa shape index (κ1) is 16.9. The molecule has 122 valence electrons. The van der Waals surface area contributed by atoms with Gasteiger partial charge in [-0.1, -0.05) is 6.07 Å². The predicted molar refractivity (Wildman–Crippen MR) is 85.6 cm³/mol. The molecule has 0 aromatic carbocycles. The lowest BCUT2D eigenvalue weighted by Gasteiger charge is -2.32. The van der Waals surface area contributed by atoms with E-state index in [-0.39, 0.29) is 11.9 Å². The fourth-order valence-electron chi connectivity index (χ4n) is 2.55. The molecule has 0 bridgehead atoms. The minimum atomic E-state index is -0.189. The highest BCUT2D eigenvalue weighted by Crippen LogP contribution is 2.10. The van der Waals surface area contributed by atoms with Crippen LogP contribution in [0.3, 0.4) is 0 Å². The second kappa shape index (κ2) is 8.82. The monoisotopic (exact) mass is 306 g/mol. The Morgan fingerprint density at radius 2 is 2.14 bits per heavy atom. The van der Waals surface area contributed by atoms with Crippen molar-refractivity contribution in [3.8, 4) is 0 Å². The van der Waals surface area contributed by atoms with Crippen LogP contribution >= 0.6 is 0 Å². The lowest BCUT2D eigenvalue weighted by Crippen LogP contribution is -2.45. The molecule has 1 fully saturated rings. The smallest absolute Gasteiger partial charge is 0.221 e. The van der Waals surface area contributed by atoms with Gasteiger partial charge in [0.05, 0.1) is 18.3 Å². The lowest BCUT2D eigenvalue weighted by atomic mass is 10.2. The zero-order chi connectivity index (χ0) is 15.8. The largest absolute Gasteiger partial charge is 0.382 e. The van der Waals surface area contributed by atoms with Crippen LogP contribution in [-0.4, -0.2) is 74.2 Å². The van der Waals surface area contributed by atoms with Crippen LogP contribution in [0.2, 0.25) is 0 Å². The highest BCUT2D eigenvalue weighted by atomic mass is 16.5. The Bertz CT molecular complexity index is 447. The number of carbonyl (C=O) groups excluding carboxylic acids is 1. The molecular formula is C16H26N4O2. The van der Waals surface area contributed by atoms with Gasteiger partial charge >= 0.3 is 0 Å². The number of nitrogens with one attached hydrogen (secondary N) is 1. The first-order valence-corrected chi connectivity index (χ1v) is 7.79. The fourth-order valence-corrected chi connectivity index (χ4v) is 2.55.